The van der Waals surface area contributed by atoms with Gasteiger partial charge in [0.05, 0.1) is 18.6 Å². The van der Waals surface area contributed by atoms with E-state index >= 15 is 0 Å². The summed E-state index contributed by atoms with van der Waals surface area (Å²) in [6.07, 6.45) is 3.52. The molecule has 1 aromatic heterocycles. The summed E-state index contributed by atoms with van der Waals surface area (Å²) in [5, 5.41) is 2.13. The zero-order valence-corrected chi connectivity index (χ0v) is 12.8. The molecule has 2 heterocycles. The molecule has 0 radical (unpaired) electrons. The molecule has 4 rings (SSSR count). The Hall–Kier alpha value is -1.81. The van der Waals surface area contributed by atoms with E-state index in [9.17, 15) is 0 Å². The maximum atomic E-state index is 6.24. The molecule has 1 atom stereocenters. The molecular formula is C17H19N3S. The number of nitrogens with two attached hydrogens (primary N) is 1. The van der Waals surface area contributed by atoms with Gasteiger partial charge in [0.2, 0.25) is 0 Å². The van der Waals surface area contributed by atoms with E-state index < -0.39 is 0 Å². The van der Waals surface area contributed by atoms with Crippen LogP contribution in [0.2, 0.25) is 0 Å². The quantitative estimate of drug-likeness (QED) is 0.925. The van der Waals surface area contributed by atoms with Gasteiger partial charge in [0, 0.05) is 4.88 Å². The Morgan fingerprint density at radius 1 is 1.24 bits per heavy atom. The van der Waals surface area contributed by atoms with E-state index in [2.05, 4.69) is 51.7 Å². The summed E-state index contributed by atoms with van der Waals surface area (Å²) in [5.74, 6) is 0.695. The van der Waals surface area contributed by atoms with Crippen molar-refractivity contribution in [1.29, 1.82) is 0 Å². The largest absolute Gasteiger partial charge is 0.370 e. The molecule has 1 aliphatic carbocycles. The first kappa shape index (κ1) is 12.9. The predicted molar refractivity (Wildman–Crippen MR) is 87.4 cm³/mol. The molecule has 0 saturated carbocycles. The van der Waals surface area contributed by atoms with Gasteiger partial charge in [0.1, 0.15) is 0 Å². The monoisotopic (exact) mass is 297 g/mol. The fourth-order valence-corrected chi connectivity index (χ4v) is 4.43. The molecule has 1 aromatic carbocycles. The second-order valence-electron chi connectivity index (χ2n) is 5.88. The molecule has 108 valence electrons. The number of nitrogens with zero attached hydrogens (tertiary/aromatic N) is 2. The minimum absolute atomic E-state index is 0.0249. The second-order valence-corrected chi connectivity index (χ2v) is 6.91. The number of aryl methyl sites for hydroxylation is 1. The summed E-state index contributed by atoms with van der Waals surface area (Å²) < 4.78 is 0. The van der Waals surface area contributed by atoms with Gasteiger partial charge in [0.25, 0.3) is 0 Å². The molecule has 0 saturated heterocycles. The molecular weight excluding hydrogens is 278 g/mol. The number of thiophene rings is 1. The summed E-state index contributed by atoms with van der Waals surface area (Å²) >= 11 is 1.79. The van der Waals surface area contributed by atoms with Crippen LogP contribution in [0.4, 0.5) is 0 Å². The number of hydrogen-bond acceptors (Lipinski definition) is 4. The van der Waals surface area contributed by atoms with Crippen molar-refractivity contribution >= 4 is 17.3 Å². The van der Waals surface area contributed by atoms with Crippen LogP contribution in [-0.2, 0) is 18.5 Å². The molecule has 21 heavy (non-hydrogen) atoms. The number of aliphatic imine (C=N–C) groups is 1. The third kappa shape index (κ3) is 1.97. The van der Waals surface area contributed by atoms with Crippen LogP contribution >= 0.6 is 11.3 Å². The molecule has 1 unspecified atom stereocenters. The molecule has 1 aliphatic heterocycles. The number of fused-ring (bicyclic) bond motifs is 2. The molecule has 1 spiro atoms. The van der Waals surface area contributed by atoms with E-state index in [1.165, 1.54) is 28.8 Å². The van der Waals surface area contributed by atoms with Crippen LogP contribution in [0.3, 0.4) is 0 Å². The highest BCUT2D eigenvalue weighted by molar-refractivity contribution is 7.09. The Bertz CT molecular complexity index is 677. The van der Waals surface area contributed by atoms with E-state index in [0.29, 0.717) is 5.96 Å². The van der Waals surface area contributed by atoms with Crippen LogP contribution in [0.5, 0.6) is 0 Å². The Morgan fingerprint density at radius 3 is 3.00 bits per heavy atom. The van der Waals surface area contributed by atoms with Crippen molar-refractivity contribution in [3.05, 3.63) is 57.8 Å². The van der Waals surface area contributed by atoms with Crippen LogP contribution in [0.15, 0.2) is 46.8 Å². The van der Waals surface area contributed by atoms with Crippen molar-refractivity contribution in [2.24, 2.45) is 10.7 Å². The molecule has 3 nitrogen and oxygen atoms in total. The first-order valence-corrected chi connectivity index (χ1v) is 8.36. The second kappa shape index (κ2) is 4.88. The molecule has 2 N–H and O–H groups in total. The lowest BCUT2D eigenvalue weighted by Gasteiger charge is -2.43. The van der Waals surface area contributed by atoms with Crippen molar-refractivity contribution in [3.8, 4) is 0 Å². The number of benzene rings is 1. The molecule has 0 fully saturated rings. The average Bonchev–Trinajstić information content (AvgIpc) is 3.13. The van der Waals surface area contributed by atoms with Crippen LogP contribution in [0, 0.1) is 0 Å². The lowest BCUT2D eigenvalue weighted by atomic mass is 9.76. The maximum Gasteiger partial charge on any atom is 0.192 e. The molecule has 2 aromatic rings. The van der Waals surface area contributed by atoms with E-state index in [1.807, 2.05) is 0 Å². The van der Waals surface area contributed by atoms with Gasteiger partial charge < -0.3 is 10.6 Å². The highest BCUT2D eigenvalue weighted by Crippen LogP contribution is 2.43. The lowest BCUT2D eigenvalue weighted by Crippen LogP contribution is -2.50. The summed E-state index contributed by atoms with van der Waals surface area (Å²) in [7, 11) is 0. The SMILES string of the molecule is NC1=NCC2(CCCc3ccccc32)N1Cc1cccs1. The smallest absolute Gasteiger partial charge is 0.192 e. The van der Waals surface area contributed by atoms with E-state index in [0.717, 1.165) is 19.5 Å². The standard InChI is InChI=1S/C17H19N3S/c18-16-19-12-17(20(16)11-14-7-4-10-21-14)9-3-6-13-5-1-2-8-15(13)17/h1-2,4-5,7-8,10H,3,6,9,11-12H2,(H2,18,19). The maximum absolute atomic E-state index is 6.24. The first-order chi connectivity index (χ1) is 10.3. The van der Waals surface area contributed by atoms with Crippen molar-refractivity contribution in [2.75, 3.05) is 6.54 Å². The Labute approximate surface area is 129 Å². The van der Waals surface area contributed by atoms with Crippen LogP contribution < -0.4 is 5.73 Å². The van der Waals surface area contributed by atoms with Gasteiger partial charge in [0.15, 0.2) is 5.96 Å². The molecule has 4 heteroatoms. The van der Waals surface area contributed by atoms with Gasteiger partial charge in [-0.2, -0.15) is 0 Å². The van der Waals surface area contributed by atoms with Crippen molar-refractivity contribution < 1.29 is 0 Å². The fourth-order valence-electron chi connectivity index (χ4n) is 3.74. The minimum atomic E-state index is -0.0249. The number of guanidine groups is 1. The van der Waals surface area contributed by atoms with Gasteiger partial charge in [-0.05, 0) is 41.8 Å². The zero-order chi connectivity index (χ0) is 14.3. The van der Waals surface area contributed by atoms with Crippen molar-refractivity contribution in [3.63, 3.8) is 0 Å². The summed E-state index contributed by atoms with van der Waals surface area (Å²) in [6, 6.07) is 13.1. The lowest BCUT2D eigenvalue weighted by molar-refractivity contribution is 0.167. The highest BCUT2D eigenvalue weighted by Gasteiger charge is 2.46. The van der Waals surface area contributed by atoms with Crippen molar-refractivity contribution in [2.45, 2.75) is 31.3 Å². The van der Waals surface area contributed by atoms with Crippen LogP contribution in [0.1, 0.15) is 28.8 Å². The molecule has 0 amide bonds. The minimum Gasteiger partial charge on any atom is -0.370 e. The van der Waals surface area contributed by atoms with E-state index in [-0.39, 0.29) is 5.54 Å². The zero-order valence-electron chi connectivity index (χ0n) is 12.0. The van der Waals surface area contributed by atoms with Crippen LogP contribution in [-0.4, -0.2) is 17.4 Å². The first-order valence-electron chi connectivity index (χ1n) is 7.48. The van der Waals surface area contributed by atoms with E-state index in [1.54, 1.807) is 11.3 Å². The topological polar surface area (TPSA) is 41.6 Å². The highest BCUT2D eigenvalue weighted by atomic mass is 32.1. The van der Waals surface area contributed by atoms with Crippen LogP contribution in [0.25, 0.3) is 0 Å². The third-order valence-electron chi connectivity index (χ3n) is 4.75. The summed E-state index contributed by atoms with van der Waals surface area (Å²) in [4.78, 5) is 8.27. The average molecular weight is 297 g/mol. The number of hydrogen-bond donors (Lipinski definition) is 1. The predicted octanol–water partition coefficient (Wildman–Crippen LogP) is 3.11. The van der Waals surface area contributed by atoms with Gasteiger partial charge in [-0.15, -0.1) is 11.3 Å². The van der Waals surface area contributed by atoms with Gasteiger partial charge in [-0.25, -0.2) is 0 Å². The van der Waals surface area contributed by atoms with Gasteiger partial charge in [-0.3, -0.25) is 4.99 Å². The Morgan fingerprint density at radius 2 is 2.14 bits per heavy atom. The fraction of sp³-hybridized carbons (Fsp3) is 0.353. The third-order valence-corrected chi connectivity index (χ3v) is 5.61. The van der Waals surface area contributed by atoms with Gasteiger partial charge >= 0.3 is 0 Å². The van der Waals surface area contributed by atoms with Gasteiger partial charge in [-0.1, -0.05) is 30.3 Å². The van der Waals surface area contributed by atoms with Crippen molar-refractivity contribution in [1.82, 2.24) is 4.90 Å². The summed E-state index contributed by atoms with van der Waals surface area (Å²) in [5.41, 5.74) is 9.10. The number of rotatable bonds is 2. The summed E-state index contributed by atoms with van der Waals surface area (Å²) in [6.45, 7) is 1.66. The molecule has 0 bridgehead atoms. The Kier molecular flexibility index (Phi) is 3.00. The molecule has 2 aliphatic rings. The normalized spacial score (nSPS) is 24.2. The Balaban J connectivity index is 1.77. The van der Waals surface area contributed by atoms with E-state index in [4.69, 9.17) is 5.73 Å².